The number of nitrogens with two attached hydrogens (primary N) is 1. The van der Waals surface area contributed by atoms with E-state index in [2.05, 4.69) is 18.3 Å². The van der Waals surface area contributed by atoms with Gasteiger partial charge < -0.3 is 20.9 Å². The number of imide groups is 1. The minimum atomic E-state index is -1.42. The summed E-state index contributed by atoms with van der Waals surface area (Å²) in [5.41, 5.74) is 9.34. The first kappa shape index (κ1) is 29.8. The molecule has 0 aromatic heterocycles. The summed E-state index contributed by atoms with van der Waals surface area (Å²) in [7, 11) is 0. The Bertz CT molecular complexity index is 1360. The Kier molecular flexibility index (Phi) is 9.80. The Labute approximate surface area is 237 Å². The molecule has 216 valence electrons. The number of amides is 2. The standard InChI is InChI=1S/C31H33F2N3O5/c1-2-19-4-3-5-20(12-19)17-35-18-26(27(34)15-21-13-22(32)16-23(33)14-21)30(31(39)40)41-25-8-6-24(7-9-25)36-28(37)10-11-29(36)38/h3-9,12-14,16,26-27,30,35H,2,10-11,15,17-18,34H2,1H3,(H,39,40)/t26-,27+,30?/m1/s1. The van der Waals surface area contributed by atoms with E-state index in [1.54, 1.807) is 0 Å². The van der Waals surface area contributed by atoms with Gasteiger partial charge >= 0.3 is 5.97 Å². The van der Waals surface area contributed by atoms with Gasteiger partial charge in [0.25, 0.3) is 0 Å². The number of carbonyl (C=O) groups excluding carboxylic acids is 2. The van der Waals surface area contributed by atoms with Crippen molar-refractivity contribution in [2.45, 2.75) is 51.3 Å². The molecule has 1 unspecified atom stereocenters. The van der Waals surface area contributed by atoms with Crippen LogP contribution in [0.15, 0.2) is 66.7 Å². The van der Waals surface area contributed by atoms with Gasteiger partial charge in [-0.3, -0.25) is 14.5 Å². The summed E-state index contributed by atoms with van der Waals surface area (Å²) in [4.78, 5) is 37.7. The third kappa shape index (κ3) is 7.74. The number of nitrogens with one attached hydrogen (secondary N) is 1. The zero-order chi connectivity index (χ0) is 29.5. The lowest BCUT2D eigenvalue weighted by molar-refractivity contribution is -0.148. The van der Waals surface area contributed by atoms with Crippen molar-refractivity contribution in [2.24, 2.45) is 11.7 Å². The second-order valence-electron chi connectivity index (χ2n) is 10.1. The molecule has 4 N–H and O–H groups in total. The second kappa shape index (κ2) is 13.5. The number of rotatable bonds is 13. The van der Waals surface area contributed by atoms with Crippen LogP contribution in [-0.4, -0.2) is 41.6 Å². The van der Waals surface area contributed by atoms with E-state index in [1.165, 1.54) is 42.0 Å². The number of carbonyl (C=O) groups is 3. The van der Waals surface area contributed by atoms with Crippen molar-refractivity contribution >= 4 is 23.5 Å². The van der Waals surface area contributed by atoms with E-state index in [0.717, 1.165) is 23.0 Å². The molecular weight excluding hydrogens is 532 g/mol. The molecule has 0 spiro atoms. The maximum Gasteiger partial charge on any atom is 0.345 e. The topological polar surface area (TPSA) is 122 Å². The smallest absolute Gasteiger partial charge is 0.345 e. The Balaban J connectivity index is 1.54. The number of carboxylic acids is 1. The SMILES string of the molecule is CCc1cccc(CNC[C@@H](C(Oc2ccc(N3C(=O)CCC3=O)cc2)C(=O)O)[C@@H](N)Cc2cc(F)cc(F)c2)c1. The lowest BCUT2D eigenvalue weighted by Gasteiger charge is -2.30. The first-order valence-electron chi connectivity index (χ1n) is 13.5. The molecule has 1 aliphatic heterocycles. The van der Waals surface area contributed by atoms with E-state index >= 15 is 0 Å². The Hall–Kier alpha value is -4.15. The van der Waals surface area contributed by atoms with Crippen molar-refractivity contribution in [3.05, 3.63) is 95.1 Å². The summed E-state index contributed by atoms with van der Waals surface area (Å²) >= 11 is 0. The van der Waals surface area contributed by atoms with Gasteiger partial charge in [0.05, 0.1) is 5.69 Å². The molecule has 1 fully saturated rings. The summed E-state index contributed by atoms with van der Waals surface area (Å²) in [6.07, 6.45) is -0.249. The Morgan fingerprint density at radius 2 is 1.61 bits per heavy atom. The quantitative estimate of drug-likeness (QED) is 0.268. The molecule has 0 radical (unpaired) electrons. The van der Waals surface area contributed by atoms with Crippen molar-refractivity contribution in [1.82, 2.24) is 5.32 Å². The number of hydrogen-bond acceptors (Lipinski definition) is 6. The van der Waals surface area contributed by atoms with Crippen molar-refractivity contribution < 1.29 is 33.0 Å². The number of ether oxygens (including phenoxy) is 1. The monoisotopic (exact) mass is 565 g/mol. The Morgan fingerprint density at radius 3 is 2.22 bits per heavy atom. The van der Waals surface area contributed by atoms with Crippen LogP contribution in [-0.2, 0) is 33.8 Å². The lowest BCUT2D eigenvalue weighted by atomic mass is 9.89. The van der Waals surface area contributed by atoms with E-state index in [-0.39, 0.29) is 43.4 Å². The second-order valence-corrected chi connectivity index (χ2v) is 10.1. The predicted molar refractivity (Wildman–Crippen MR) is 149 cm³/mol. The zero-order valence-electron chi connectivity index (χ0n) is 22.7. The van der Waals surface area contributed by atoms with Crippen LogP contribution in [0.1, 0.15) is 36.5 Å². The number of anilines is 1. The number of halogens is 2. The van der Waals surface area contributed by atoms with Gasteiger partial charge in [0, 0.05) is 44.0 Å². The minimum absolute atomic E-state index is 0.0115. The van der Waals surface area contributed by atoms with E-state index < -0.39 is 35.7 Å². The fraction of sp³-hybridized carbons (Fsp3) is 0.323. The summed E-state index contributed by atoms with van der Waals surface area (Å²) in [5.74, 6) is -3.98. The average molecular weight is 566 g/mol. The highest BCUT2D eigenvalue weighted by molar-refractivity contribution is 6.19. The van der Waals surface area contributed by atoms with Gasteiger partial charge in [-0.1, -0.05) is 31.2 Å². The fourth-order valence-corrected chi connectivity index (χ4v) is 4.98. The van der Waals surface area contributed by atoms with Crippen molar-refractivity contribution in [1.29, 1.82) is 0 Å². The van der Waals surface area contributed by atoms with Gasteiger partial charge in [0.1, 0.15) is 17.4 Å². The summed E-state index contributed by atoms with van der Waals surface area (Å²) in [5, 5.41) is 13.4. The first-order valence-corrected chi connectivity index (χ1v) is 13.5. The lowest BCUT2D eigenvalue weighted by Crippen LogP contribution is -2.50. The number of aliphatic carboxylic acids is 1. The van der Waals surface area contributed by atoms with E-state index in [1.807, 2.05) is 18.2 Å². The van der Waals surface area contributed by atoms with E-state index in [9.17, 15) is 28.3 Å². The highest BCUT2D eigenvalue weighted by atomic mass is 19.1. The van der Waals surface area contributed by atoms with Gasteiger partial charge in [-0.2, -0.15) is 0 Å². The van der Waals surface area contributed by atoms with Gasteiger partial charge in [0.2, 0.25) is 17.9 Å². The summed E-state index contributed by atoms with van der Waals surface area (Å²) in [6, 6.07) is 16.2. The molecular formula is C31H33F2N3O5. The number of hydrogen-bond donors (Lipinski definition) is 3. The van der Waals surface area contributed by atoms with Crippen molar-refractivity contribution in [3.63, 3.8) is 0 Å². The highest BCUT2D eigenvalue weighted by Gasteiger charge is 2.35. The predicted octanol–water partition coefficient (Wildman–Crippen LogP) is 3.99. The molecule has 3 atom stereocenters. The molecule has 1 aliphatic rings. The molecule has 1 saturated heterocycles. The van der Waals surface area contributed by atoms with Crippen molar-refractivity contribution in [3.8, 4) is 5.75 Å². The van der Waals surface area contributed by atoms with E-state index in [4.69, 9.17) is 10.5 Å². The van der Waals surface area contributed by atoms with Crippen LogP contribution in [0.4, 0.5) is 14.5 Å². The third-order valence-corrected chi connectivity index (χ3v) is 7.09. The van der Waals surface area contributed by atoms with Crippen molar-refractivity contribution in [2.75, 3.05) is 11.4 Å². The molecule has 0 aliphatic carbocycles. The zero-order valence-corrected chi connectivity index (χ0v) is 22.7. The summed E-state index contributed by atoms with van der Waals surface area (Å²) in [6.45, 7) is 2.64. The van der Waals surface area contributed by atoms with Gasteiger partial charge in [-0.05, 0) is 65.9 Å². The molecule has 8 nitrogen and oxygen atoms in total. The maximum absolute atomic E-state index is 13.8. The normalized spacial score (nSPS) is 15.6. The van der Waals surface area contributed by atoms with Crippen LogP contribution in [0.25, 0.3) is 0 Å². The van der Waals surface area contributed by atoms with Crippen LogP contribution < -0.4 is 20.7 Å². The Morgan fingerprint density at radius 1 is 0.976 bits per heavy atom. The third-order valence-electron chi connectivity index (χ3n) is 7.09. The first-order chi connectivity index (χ1) is 19.6. The highest BCUT2D eigenvalue weighted by Crippen LogP contribution is 2.27. The average Bonchev–Trinajstić information content (AvgIpc) is 3.27. The van der Waals surface area contributed by atoms with Crippen LogP contribution in [0, 0.1) is 17.6 Å². The van der Waals surface area contributed by atoms with Gasteiger partial charge in [-0.15, -0.1) is 0 Å². The number of aryl methyl sites for hydroxylation is 1. The number of nitrogens with zero attached hydrogens (tertiary/aromatic N) is 1. The largest absolute Gasteiger partial charge is 0.478 e. The molecule has 41 heavy (non-hydrogen) atoms. The number of benzene rings is 3. The molecule has 3 aromatic rings. The minimum Gasteiger partial charge on any atom is -0.478 e. The molecule has 10 heteroatoms. The van der Waals surface area contributed by atoms with Crippen LogP contribution in [0.3, 0.4) is 0 Å². The van der Waals surface area contributed by atoms with Gasteiger partial charge in [0.15, 0.2) is 0 Å². The molecule has 2 amide bonds. The molecule has 4 rings (SSSR count). The summed E-state index contributed by atoms with van der Waals surface area (Å²) < 4.78 is 33.6. The maximum atomic E-state index is 13.8. The number of carboxylic acid groups (broad SMARTS) is 1. The van der Waals surface area contributed by atoms with E-state index in [0.29, 0.717) is 17.8 Å². The van der Waals surface area contributed by atoms with Crippen LogP contribution in [0.2, 0.25) is 0 Å². The molecule has 0 saturated carbocycles. The molecule has 1 heterocycles. The van der Waals surface area contributed by atoms with Crippen LogP contribution >= 0.6 is 0 Å². The fourth-order valence-electron chi connectivity index (χ4n) is 4.98. The molecule has 3 aromatic carbocycles. The van der Waals surface area contributed by atoms with Crippen LogP contribution in [0.5, 0.6) is 5.75 Å². The molecule has 0 bridgehead atoms. The van der Waals surface area contributed by atoms with Gasteiger partial charge in [-0.25, -0.2) is 13.6 Å².